The lowest BCUT2D eigenvalue weighted by Crippen LogP contribution is -2.20. The number of aromatic nitrogens is 1. The lowest BCUT2D eigenvalue weighted by atomic mass is 10.00. The Bertz CT molecular complexity index is 923. The van der Waals surface area contributed by atoms with Gasteiger partial charge in [-0.05, 0) is 49.2 Å². The van der Waals surface area contributed by atoms with E-state index < -0.39 is 0 Å². The third kappa shape index (κ3) is 3.19. The van der Waals surface area contributed by atoms with Crippen LogP contribution in [0.3, 0.4) is 0 Å². The Morgan fingerprint density at radius 2 is 1.60 bits per heavy atom. The van der Waals surface area contributed by atoms with Crippen LogP contribution in [0.2, 0.25) is 0 Å². The van der Waals surface area contributed by atoms with E-state index in [1.807, 2.05) is 36.4 Å². The smallest absolute Gasteiger partial charge is 0.192 e. The molecule has 1 aromatic heterocycles. The molecule has 0 unspecified atom stereocenters. The van der Waals surface area contributed by atoms with Crippen LogP contribution in [-0.2, 0) is 12.8 Å². The largest absolute Gasteiger partial charge is 0.497 e. The van der Waals surface area contributed by atoms with Crippen LogP contribution < -0.4 is 10.2 Å². The molecule has 0 spiro atoms. The molecular weight excluding hydrogens is 310 g/mol. The lowest BCUT2D eigenvalue weighted by molar-refractivity contribution is 0.414. The van der Waals surface area contributed by atoms with Crippen molar-refractivity contribution in [2.75, 3.05) is 7.11 Å². The van der Waals surface area contributed by atoms with Gasteiger partial charge in [0.1, 0.15) is 5.75 Å². The molecule has 25 heavy (non-hydrogen) atoms. The summed E-state index contributed by atoms with van der Waals surface area (Å²) in [6.07, 6.45) is 3.67. The van der Waals surface area contributed by atoms with Crippen molar-refractivity contribution in [2.24, 2.45) is 0 Å². The van der Waals surface area contributed by atoms with Crippen molar-refractivity contribution in [3.05, 3.63) is 70.0 Å². The number of para-hydroxylation sites is 1. The zero-order chi connectivity index (χ0) is 17.8. The standard InChI is InChI=1S/C22H25NO2/c1-4-8-18-20(9-5-2)23(16-12-14-17(25-3)15-13-16)21-11-7-6-10-19(21)22(18)24/h6-7,10-15H,4-5,8-9H2,1-3H3. The SMILES string of the molecule is CCCc1c(CCC)n(-c2ccc(OC)cc2)c2ccccc2c1=O. The third-order valence-electron chi connectivity index (χ3n) is 4.60. The topological polar surface area (TPSA) is 31.2 Å². The van der Waals surface area contributed by atoms with E-state index in [0.29, 0.717) is 0 Å². The average molecular weight is 335 g/mol. The molecule has 0 aliphatic rings. The van der Waals surface area contributed by atoms with E-state index in [0.717, 1.165) is 59.3 Å². The molecular formula is C22H25NO2. The minimum Gasteiger partial charge on any atom is -0.497 e. The summed E-state index contributed by atoms with van der Waals surface area (Å²) in [5.74, 6) is 0.833. The minimum atomic E-state index is 0.186. The zero-order valence-electron chi connectivity index (χ0n) is 15.2. The molecule has 0 atom stereocenters. The highest BCUT2D eigenvalue weighted by molar-refractivity contribution is 5.82. The molecule has 0 aliphatic carbocycles. The van der Waals surface area contributed by atoms with Gasteiger partial charge in [-0.1, -0.05) is 38.8 Å². The number of benzene rings is 2. The second kappa shape index (κ2) is 7.56. The summed E-state index contributed by atoms with van der Waals surface area (Å²) in [7, 11) is 1.67. The molecule has 2 aromatic carbocycles. The number of pyridine rings is 1. The Balaban J connectivity index is 2.38. The Morgan fingerprint density at radius 1 is 0.920 bits per heavy atom. The minimum absolute atomic E-state index is 0.186. The van der Waals surface area contributed by atoms with Crippen LogP contribution in [-0.4, -0.2) is 11.7 Å². The average Bonchev–Trinajstić information content (AvgIpc) is 2.65. The van der Waals surface area contributed by atoms with Gasteiger partial charge in [0, 0.05) is 22.3 Å². The molecule has 0 saturated carbocycles. The first kappa shape index (κ1) is 17.3. The Hall–Kier alpha value is -2.55. The quantitative estimate of drug-likeness (QED) is 0.641. The first-order valence-corrected chi connectivity index (χ1v) is 9.01. The molecule has 3 nitrogen and oxygen atoms in total. The van der Waals surface area contributed by atoms with Crippen LogP contribution in [0.25, 0.3) is 16.6 Å². The van der Waals surface area contributed by atoms with Gasteiger partial charge in [0.15, 0.2) is 5.43 Å². The van der Waals surface area contributed by atoms with Gasteiger partial charge in [-0.3, -0.25) is 4.79 Å². The van der Waals surface area contributed by atoms with E-state index in [1.165, 1.54) is 0 Å². The highest BCUT2D eigenvalue weighted by Crippen LogP contribution is 2.25. The molecule has 0 fully saturated rings. The van der Waals surface area contributed by atoms with Crippen molar-refractivity contribution >= 4 is 10.9 Å². The molecule has 3 aromatic rings. The van der Waals surface area contributed by atoms with Crippen LogP contribution in [0.1, 0.15) is 37.9 Å². The van der Waals surface area contributed by atoms with E-state index in [2.05, 4.69) is 30.5 Å². The second-order valence-corrected chi connectivity index (χ2v) is 6.30. The maximum absolute atomic E-state index is 13.1. The molecule has 0 aliphatic heterocycles. The first-order chi connectivity index (χ1) is 12.2. The molecule has 0 bridgehead atoms. The van der Waals surface area contributed by atoms with E-state index >= 15 is 0 Å². The first-order valence-electron chi connectivity index (χ1n) is 9.01. The number of nitrogens with zero attached hydrogens (tertiary/aromatic N) is 1. The van der Waals surface area contributed by atoms with Gasteiger partial charge in [0.25, 0.3) is 0 Å². The van der Waals surface area contributed by atoms with Gasteiger partial charge in [-0.15, -0.1) is 0 Å². The Morgan fingerprint density at radius 3 is 2.24 bits per heavy atom. The predicted octanol–water partition coefficient (Wildman–Crippen LogP) is 4.90. The summed E-state index contributed by atoms with van der Waals surface area (Å²) in [5.41, 5.74) is 4.32. The van der Waals surface area contributed by atoms with Crippen molar-refractivity contribution < 1.29 is 4.74 Å². The number of fused-ring (bicyclic) bond motifs is 1. The van der Waals surface area contributed by atoms with Gasteiger partial charge >= 0.3 is 0 Å². The van der Waals surface area contributed by atoms with Crippen LogP contribution in [0, 0.1) is 0 Å². The van der Waals surface area contributed by atoms with Crippen molar-refractivity contribution in [3.8, 4) is 11.4 Å². The van der Waals surface area contributed by atoms with Gasteiger partial charge in [0.2, 0.25) is 0 Å². The monoisotopic (exact) mass is 335 g/mol. The van der Waals surface area contributed by atoms with Crippen molar-refractivity contribution in [3.63, 3.8) is 0 Å². The van der Waals surface area contributed by atoms with Crippen molar-refractivity contribution in [2.45, 2.75) is 39.5 Å². The van der Waals surface area contributed by atoms with Crippen molar-refractivity contribution in [1.29, 1.82) is 0 Å². The van der Waals surface area contributed by atoms with E-state index in [-0.39, 0.29) is 5.43 Å². The van der Waals surface area contributed by atoms with E-state index in [1.54, 1.807) is 7.11 Å². The Kier molecular flexibility index (Phi) is 5.22. The summed E-state index contributed by atoms with van der Waals surface area (Å²) >= 11 is 0. The van der Waals surface area contributed by atoms with Crippen molar-refractivity contribution in [1.82, 2.24) is 4.57 Å². The highest BCUT2D eigenvalue weighted by Gasteiger charge is 2.16. The maximum Gasteiger partial charge on any atom is 0.192 e. The third-order valence-corrected chi connectivity index (χ3v) is 4.60. The summed E-state index contributed by atoms with van der Waals surface area (Å²) < 4.78 is 7.55. The molecule has 0 radical (unpaired) electrons. The van der Waals surface area contributed by atoms with E-state index in [9.17, 15) is 4.79 Å². The number of ether oxygens (including phenoxy) is 1. The highest BCUT2D eigenvalue weighted by atomic mass is 16.5. The molecule has 0 saturated heterocycles. The summed E-state index contributed by atoms with van der Waals surface area (Å²) in [6.45, 7) is 4.29. The summed E-state index contributed by atoms with van der Waals surface area (Å²) in [6, 6.07) is 16.0. The summed E-state index contributed by atoms with van der Waals surface area (Å²) in [4.78, 5) is 13.1. The molecule has 3 rings (SSSR count). The Labute approximate surface area is 148 Å². The van der Waals surface area contributed by atoms with Gasteiger partial charge < -0.3 is 9.30 Å². The predicted molar refractivity (Wildman–Crippen MR) is 104 cm³/mol. The molecule has 1 heterocycles. The van der Waals surface area contributed by atoms with Gasteiger partial charge in [-0.25, -0.2) is 0 Å². The zero-order valence-corrected chi connectivity index (χ0v) is 15.2. The van der Waals surface area contributed by atoms with Crippen LogP contribution in [0.15, 0.2) is 53.3 Å². The van der Waals surface area contributed by atoms with Crippen LogP contribution in [0.5, 0.6) is 5.75 Å². The fraction of sp³-hybridized carbons (Fsp3) is 0.318. The fourth-order valence-electron chi connectivity index (χ4n) is 3.47. The fourth-order valence-corrected chi connectivity index (χ4v) is 3.47. The van der Waals surface area contributed by atoms with Gasteiger partial charge in [0.05, 0.1) is 12.6 Å². The summed E-state index contributed by atoms with van der Waals surface area (Å²) in [5, 5.41) is 0.793. The number of hydrogen-bond acceptors (Lipinski definition) is 2. The van der Waals surface area contributed by atoms with Gasteiger partial charge in [-0.2, -0.15) is 0 Å². The van der Waals surface area contributed by atoms with Crippen LogP contribution in [0.4, 0.5) is 0 Å². The molecule has 0 amide bonds. The molecule has 3 heteroatoms. The second-order valence-electron chi connectivity index (χ2n) is 6.30. The van der Waals surface area contributed by atoms with Crippen LogP contribution >= 0.6 is 0 Å². The number of hydrogen-bond donors (Lipinski definition) is 0. The molecule has 0 N–H and O–H groups in total. The maximum atomic E-state index is 13.1. The van der Waals surface area contributed by atoms with E-state index in [4.69, 9.17) is 4.74 Å². The number of methoxy groups -OCH3 is 1. The number of rotatable bonds is 6. The lowest BCUT2D eigenvalue weighted by Gasteiger charge is -2.20. The normalized spacial score (nSPS) is 11.0. The molecule has 130 valence electrons.